The van der Waals surface area contributed by atoms with E-state index >= 15 is 0 Å². The summed E-state index contributed by atoms with van der Waals surface area (Å²) in [6, 6.07) is 8.16. The summed E-state index contributed by atoms with van der Waals surface area (Å²) in [5, 5.41) is 0.720. The number of aromatic nitrogens is 3. The zero-order valence-corrected chi connectivity index (χ0v) is 16.2. The van der Waals surface area contributed by atoms with Crippen molar-refractivity contribution in [3.05, 3.63) is 54.2 Å². The number of ether oxygens (including phenoxy) is 1. The number of benzene rings is 1. The second kappa shape index (κ2) is 8.38. The molecule has 29 heavy (non-hydrogen) atoms. The molecule has 3 aromatic rings. The van der Waals surface area contributed by atoms with Crippen LogP contribution >= 0.6 is 0 Å². The molecule has 1 aromatic carbocycles. The fraction of sp³-hybridized carbons (Fsp3) is 0.333. The molecule has 0 bridgehead atoms. The summed E-state index contributed by atoms with van der Waals surface area (Å²) in [5.41, 5.74) is 1.18. The van der Waals surface area contributed by atoms with E-state index in [1.54, 1.807) is 25.3 Å². The Morgan fingerprint density at radius 3 is 2.69 bits per heavy atom. The number of halogens is 1. The number of esters is 1. The van der Waals surface area contributed by atoms with Crippen LogP contribution in [0.25, 0.3) is 10.9 Å². The van der Waals surface area contributed by atoms with Crippen LogP contribution in [0.2, 0.25) is 0 Å². The van der Waals surface area contributed by atoms with Gasteiger partial charge in [0.05, 0.1) is 17.7 Å². The van der Waals surface area contributed by atoms with Gasteiger partial charge in [-0.3, -0.25) is 0 Å². The predicted molar refractivity (Wildman–Crippen MR) is 109 cm³/mol. The quantitative estimate of drug-likeness (QED) is 0.629. The number of anilines is 2. The molecule has 0 aliphatic carbocycles. The Kier molecular flexibility index (Phi) is 5.50. The Morgan fingerprint density at radius 1 is 1.07 bits per heavy atom. The third-order valence-electron chi connectivity index (χ3n) is 4.95. The molecule has 7 nitrogen and oxygen atoms in total. The number of hydrogen-bond donors (Lipinski definition) is 0. The third-order valence-corrected chi connectivity index (χ3v) is 4.95. The molecule has 0 N–H and O–H groups in total. The van der Waals surface area contributed by atoms with E-state index in [2.05, 4.69) is 24.8 Å². The van der Waals surface area contributed by atoms with Gasteiger partial charge in [0.2, 0.25) is 0 Å². The first-order chi connectivity index (χ1) is 14.2. The van der Waals surface area contributed by atoms with E-state index in [0.29, 0.717) is 12.2 Å². The van der Waals surface area contributed by atoms with Gasteiger partial charge >= 0.3 is 5.97 Å². The summed E-state index contributed by atoms with van der Waals surface area (Å²) in [5.74, 6) is 0.910. The summed E-state index contributed by atoms with van der Waals surface area (Å²) in [6.45, 7) is 5.22. The topological polar surface area (TPSA) is 71.5 Å². The van der Waals surface area contributed by atoms with Gasteiger partial charge in [-0.2, -0.15) is 0 Å². The number of hydrogen-bond acceptors (Lipinski definition) is 7. The number of fused-ring (bicyclic) bond motifs is 1. The normalized spacial score (nSPS) is 14.7. The highest BCUT2D eigenvalue weighted by Crippen LogP contribution is 2.25. The van der Waals surface area contributed by atoms with Crippen molar-refractivity contribution in [1.29, 1.82) is 0 Å². The number of carbonyl (C=O) groups is 1. The molecule has 0 spiro atoms. The highest BCUT2D eigenvalue weighted by atomic mass is 19.1. The fourth-order valence-corrected chi connectivity index (χ4v) is 3.53. The number of nitrogens with zero attached hydrogens (tertiary/aromatic N) is 5. The molecule has 1 aliphatic heterocycles. The van der Waals surface area contributed by atoms with Crippen molar-refractivity contribution >= 4 is 28.5 Å². The first-order valence-corrected chi connectivity index (χ1v) is 9.69. The molecule has 0 atom stereocenters. The van der Waals surface area contributed by atoms with Gasteiger partial charge in [0.15, 0.2) is 0 Å². The van der Waals surface area contributed by atoms with E-state index in [4.69, 9.17) is 4.74 Å². The second-order valence-electron chi connectivity index (χ2n) is 6.81. The molecule has 1 aliphatic rings. The molecule has 2 aromatic heterocycles. The molecule has 8 heteroatoms. The van der Waals surface area contributed by atoms with Crippen LogP contribution in [0.15, 0.2) is 42.9 Å². The maximum absolute atomic E-state index is 13.8. The minimum atomic E-state index is -0.364. The fourth-order valence-electron chi connectivity index (χ4n) is 3.53. The van der Waals surface area contributed by atoms with E-state index in [9.17, 15) is 9.18 Å². The average molecular weight is 395 g/mol. The molecule has 3 heterocycles. The minimum absolute atomic E-state index is 0.295. The Labute approximate surface area is 168 Å². The lowest BCUT2D eigenvalue weighted by molar-refractivity contribution is 0.0526. The molecule has 0 amide bonds. The van der Waals surface area contributed by atoms with Crippen molar-refractivity contribution in [2.24, 2.45) is 0 Å². The third kappa shape index (κ3) is 4.11. The summed E-state index contributed by atoms with van der Waals surface area (Å²) < 4.78 is 18.8. The SMILES string of the molecule is CCOC(=O)c1ccc(N2CCCN(c3ncnc4ccc(F)cc34)CC2)nc1. The summed E-state index contributed by atoms with van der Waals surface area (Å²) >= 11 is 0. The molecular weight excluding hydrogens is 373 g/mol. The molecule has 0 saturated carbocycles. The molecular formula is C21H22FN5O2. The van der Waals surface area contributed by atoms with Crippen molar-refractivity contribution in [3.63, 3.8) is 0 Å². The predicted octanol–water partition coefficient (Wildman–Crippen LogP) is 3.06. The van der Waals surface area contributed by atoms with Crippen molar-refractivity contribution < 1.29 is 13.9 Å². The Bertz CT molecular complexity index is 1010. The highest BCUT2D eigenvalue weighted by molar-refractivity contribution is 5.90. The lowest BCUT2D eigenvalue weighted by Crippen LogP contribution is -2.31. The van der Waals surface area contributed by atoms with E-state index in [1.807, 2.05) is 6.07 Å². The van der Waals surface area contributed by atoms with Crippen LogP contribution in [0.1, 0.15) is 23.7 Å². The smallest absolute Gasteiger partial charge is 0.339 e. The van der Waals surface area contributed by atoms with Crippen molar-refractivity contribution in [3.8, 4) is 0 Å². The van der Waals surface area contributed by atoms with Crippen LogP contribution in [0.3, 0.4) is 0 Å². The lowest BCUT2D eigenvalue weighted by Gasteiger charge is -2.24. The summed E-state index contributed by atoms with van der Waals surface area (Å²) in [4.78, 5) is 29.2. The molecule has 0 unspecified atom stereocenters. The van der Waals surface area contributed by atoms with E-state index in [0.717, 1.165) is 55.1 Å². The minimum Gasteiger partial charge on any atom is -0.462 e. The van der Waals surface area contributed by atoms with Gasteiger partial charge in [-0.15, -0.1) is 0 Å². The zero-order valence-electron chi connectivity index (χ0n) is 16.2. The highest BCUT2D eigenvalue weighted by Gasteiger charge is 2.19. The molecule has 1 fully saturated rings. The van der Waals surface area contributed by atoms with Gasteiger partial charge in [0, 0.05) is 37.8 Å². The maximum atomic E-state index is 13.8. The number of pyridine rings is 1. The van der Waals surface area contributed by atoms with Crippen LogP contribution < -0.4 is 9.80 Å². The standard InChI is InChI=1S/C21H22FN5O2/c1-2-29-21(28)15-4-7-19(23-13-15)26-8-3-9-27(11-10-26)20-17-12-16(22)5-6-18(17)24-14-25-20/h4-7,12-14H,2-3,8-11H2,1H3. The van der Waals surface area contributed by atoms with Crippen molar-refractivity contribution in [2.75, 3.05) is 42.6 Å². The van der Waals surface area contributed by atoms with Crippen molar-refractivity contribution in [1.82, 2.24) is 15.0 Å². The maximum Gasteiger partial charge on any atom is 0.339 e. The van der Waals surface area contributed by atoms with Crippen molar-refractivity contribution in [2.45, 2.75) is 13.3 Å². The van der Waals surface area contributed by atoms with E-state index < -0.39 is 0 Å². The molecule has 0 radical (unpaired) electrons. The van der Waals surface area contributed by atoms with Gasteiger partial charge in [-0.25, -0.2) is 24.1 Å². The Morgan fingerprint density at radius 2 is 1.90 bits per heavy atom. The molecule has 4 rings (SSSR count). The van der Waals surface area contributed by atoms with Gasteiger partial charge in [0.1, 0.15) is 23.8 Å². The number of carbonyl (C=O) groups excluding carboxylic acids is 1. The van der Waals surface area contributed by atoms with Gasteiger partial charge in [-0.1, -0.05) is 0 Å². The van der Waals surface area contributed by atoms with Crippen LogP contribution in [-0.2, 0) is 4.74 Å². The Hall–Kier alpha value is -3.29. The lowest BCUT2D eigenvalue weighted by atomic mass is 10.2. The first-order valence-electron chi connectivity index (χ1n) is 9.69. The van der Waals surface area contributed by atoms with Crippen LogP contribution in [0.4, 0.5) is 16.0 Å². The summed E-state index contributed by atoms with van der Waals surface area (Å²) in [6.07, 6.45) is 3.98. The average Bonchev–Trinajstić information content (AvgIpc) is 3.00. The Balaban J connectivity index is 1.50. The van der Waals surface area contributed by atoms with E-state index in [-0.39, 0.29) is 11.8 Å². The zero-order chi connectivity index (χ0) is 20.2. The molecule has 150 valence electrons. The van der Waals surface area contributed by atoms with Crippen LogP contribution in [0, 0.1) is 5.82 Å². The van der Waals surface area contributed by atoms with Crippen LogP contribution in [-0.4, -0.2) is 53.7 Å². The number of rotatable bonds is 4. The van der Waals surface area contributed by atoms with Gasteiger partial charge < -0.3 is 14.5 Å². The first kappa shape index (κ1) is 19.0. The second-order valence-corrected chi connectivity index (χ2v) is 6.81. The van der Waals surface area contributed by atoms with E-state index in [1.165, 1.54) is 18.5 Å². The molecule has 1 saturated heterocycles. The van der Waals surface area contributed by atoms with Crippen LogP contribution in [0.5, 0.6) is 0 Å². The van der Waals surface area contributed by atoms with Gasteiger partial charge in [0.25, 0.3) is 0 Å². The van der Waals surface area contributed by atoms with Gasteiger partial charge in [-0.05, 0) is 43.7 Å². The largest absolute Gasteiger partial charge is 0.462 e. The summed E-state index contributed by atoms with van der Waals surface area (Å²) in [7, 11) is 0. The monoisotopic (exact) mass is 395 g/mol.